The number of piperidine rings is 1. The maximum atomic E-state index is 12.2. The van der Waals surface area contributed by atoms with Crippen molar-refractivity contribution >= 4 is 17.2 Å². The lowest BCUT2D eigenvalue weighted by Crippen LogP contribution is -2.34. The summed E-state index contributed by atoms with van der Waals surface area (Å²) in [6, 6.07) is 0.556. The average Bonchev–Trinajstić information content (AvgIpc) is 3.21. The van der Waals surface area contributed by atoms with Crippen molar-refractivity contribution in [1.82, 2.24) is 30.6 Å². The molecule has 1 amide bonds. The minimum Gasteiger partial charge on any atom is -0.350 e. The molecule has 25 heavy (non-hydrogen) atoms. The van der Waals surface area contributed by atoms with E-state index < -0.39 is 0 Å². The van der Waals surface area contributed by atoms with Crippen LogP contribution >= 0.6 is 11.3 Å². The molecular formula is C17H26N6OS. The molecule has 0 radical (unpaired) electrons. The van der Waals surface area contributed by atoms with Gasteiger partial charge in [-0.3, -0.25) is 9.48 Å². The van der Waals surface area contributed by atoms with Gasteiger partial charge in [-0.05, 0) is 39.7 Å². The maximum Gasteiger partial charge on any atom is 0.273 e. The number of aryl methyl sites for hydroxylation is 3. The van der Waals surface area contributed by atoms with Crippen molar-refractivity contribution in [2.24, 2.45) is 0 Å². The maximum absolute atomic E-state index is 12.2. The highest BCUT2D eigenvalue weighted by Crippen LogP contribution is 2.16. The molecule has 0 unspecified atom stereocenters. The molecule has 1 saturated heterocycles. The van der Waals surface area contributed by atoms with Crippen LogP contribution in [0.1, 0.15) is 51.8 Å². The zero-order valence-electron chi connectivity index (χ0n) is 14.9. The Bertz CT molecular complexity index is 684. The second kappa shape index (κ2) is 8.53. The second-order valence-corrected chi connectivity index (χ2v) is 7.85. The fourth-order valence-electron chi connectivity index (χ4n) is 2.99. The van der Waals surface area contributed by atoms with Crippen LogP contribution in [0.2, 0.25) is 0 Å². The molecule has 7 nitrogen and oxygen atoms in total. The third-order valence-electron chi connectivity index (χ3n) is 4.59. The first kappa shape index (κ1) is 18.0. The van der Waals surface area contributed by atoms with Crippen LogP contribution in [0, 0.1) is 13.8 Å². The predicted octanol–water partition coefficient (Wildman–Crippen LogP) is 1.86. The molecule has 1 aliphatic heterocycles. The third-order valence-corrected chi connectivity index (χ3v) is 5.72. The number of rotatable bonds is 7. The predicted molar refractivity (Wildman–Crippen MR) is 97.9 cm³/mol. The minimum atomic E-state index is -0.174. The zero-order valence-corrected chi connectivity index (χ0v) is 15.7. The van der Waals surface area contributed by atoms with Crippen molar-refractivity contribution < 1.29 is 4.79 Å². The fraction of sp³-hybridized carbons (Fsp3) is 0.647. The van der Waals surface area contributed by atoms with E-state index >= 15 is 0 Å². The Kier molecular flexibility index (Phi) is 6.14. The van der Waals surface area contributed by atoms with Gasteiger partial charge in [0.15, 0.2) is 5.69 Å². The molecule has 2 N–H and O–H groups in total. The van der Waals surface area contributed by atoms with Gasteiger partial charge in [-0.1, -0.05) is 11.6 Å². The van der Waals surface area contributed by atoms with Crippen LogP contribution in [0.25, 0.3) is 0 Å². The summed E-state index contributed by atoms with van der Waals surface area (Å²) in [5, 5.41) is 15.5. The lowest BCUT2D eigenvalue weighted by molar-refractivity contribution is 0.0949. The molecule has 1 aliphatic rings. The van der Waals surface area contributed by atoms with E-state index in [0.29, 0.717) is 18.3 Å². The van der Waals surface area contributed by atoms with E-state index in [9.17, 15) is 4.79 Å². The number of aromatic nitrogens is 4. The van der Waals surface area contributed by atoms with Crippen LogP contribution in [0.3, 0.4) is 0 Å². The van der Waals surface area contributed by atoms with E-state index in [1.54, 1.807) is 22.2 Å². The fourth-order valence-corrected chi connectivity index (χ4v) is 3.92. The van der Waals surface area contributed by atoms with Crippen molar-refractivity contribution in [3.05, 3.63) is 27.5 Å². The van der Waals surface area contributed by atoms with Crippen molar-refractivity contribution in [3.8, 4) is 0 Å². The first-order chi connectivity index (χ1) is 12.1. The molecule has 3 rings (SSSR count). The Hall–Kier alpha value is -1.80. The quantitative estimate of drug-likeness (QED) is 0.785. The molecule has 1 atom stereocenters. The van der Waals surface area contributed by atoms with Gasteiger partial charge in [0.2, 0.25) is 0 Å². The van der Waals surface area contributed by atoms with Crippen molar-refractivity contribution in [3.63, 3.8) is 0 Å². The lowest BCUT2D eigenvalue weighted by atomic mass is 10.0. The molecule has 8 heteroatoms. The van der Waals surface area contributed by atoms with Gasteiger partial charge in [0.1, 0.15) is 0 Å². The first-order valence-electron chi connectivity index (χ1n) is 8.96. The zero-order chi connectivity index (χ0) is 17.6. The normalized spacial score (nSPS) is 17.6. The van der Waals surface area contributed by atoms with E-state index in [1.807, 2.05) is 6.92 Å². The van der Waals surface area contributed by atoms with Crippen LogP contribution in [0.15, 0.2) is 6.20 Å². The molecule has 1 fully saturated rings. The summed E-state index contributed by atoms with van der Waals surface area (Å²) in [6.45, 7) is 6.53. The van der Waals surface area contributed by atoms with E-state index in [0.717, 1.165) is 36.6 Å². The van der Waals surface area contributed by atoms with Gasteiger partial charge in [0.05, 0.1) is 16.9 Å². The third kappa shape index (κ3) is 5.09. The monoisotopic (exact) mass is 362 g/mol. The summed E-state index contributed by atoms with van der Waals surface area (Å²) in [5.41, 5.74) is 1.45. The van der Waals surface area contributed by atoms with E-state index in [1.165, 1.54) is 24.1 Å². The highest BCUT2D eigenvalue weighted by atomic mass is 32.1. The van der Waals surface area contributed by atoms with Crippen LogP contribution in [-0.4, -0.2) is 45.0 Å². The van der Waals surface area contributed by atoms with Crippen molar-refractivity contribution in [2.45, 2.75) is 58.5 Å². The van der Waals surface area contributed by atoms with Gasteiger partial charge in [0.25, 0.3) is 5.91 Å². The Morgan fingerprint density at radius 1 is 1.44 bits per heavy atom. The Balaban J connectivity index is 1.42. The Morgan fingerprint density at radius 2 is 2.32 bits per heavy atom. The second-order valence-electron chi connectivity index (χ2n) is 6.56. The number of thiazole rings is 1. The number of nitrogens with zero attached hydrogens (tertiary/aromatic N) is 4. The minimum absolute atomic E-state index is 0.174. The topological polar surface area (TPSA) is 84.7 Å². The highest BCUT2D eigenvalue weighted by Gasteiger charge is 2.14. The average molecular weight is 363 g/mol. The molecular weight excluding hydrogens is 336 g/mol. The van der Waals surface area contributed by atoms with Crippen LogP contribution in [0.5, 0.6) is 0 Å². The summed E-state index contributed by atoms with van der Waals surface area (Å²) < 4.78 is 1.76. The van der Waals surface area contributed by atoms with E-state index in [2.05, 4.69) is 32.9 Å². The number of carbonyl (C=O) groups is 1. The van der Waals surface area contributed by atoms with Gasteiger partial charge in [0, 0.05) is 30.4 Å². The number of hydrogen-bond donors (Lipinski definition) is 2. The SMILES string of the molecule is Cc1nc(CCNC(=O)c2cn(CC[C@H]3CCCCN3)nn2)sc1C. The molecule has 0 bridgehead atoms. The molecule has 2 aromatic heterocycles. The highest BCUT2D eigenvalue weighted by molar-refractivity contribution is 7.11. The molecule has 0 aliphatic carbocycles. The first-order valence-corrected chi connectivity index (χ1v) is 9.78. The van der Waals surface area contributed by atoms with Gasteiger partial charge >= 0.3 is 0 Å². The van der Waals surface area contributed by atoms with E-state index in [-0.39, 0.29) is 5.91 Å². The summed E-state index contributed by atoms with van der Waals surface area (Å²) in [6.07, 6.45) is 7.28. The molecule has 0 saturated carbocycles. The number of amides is 1. The molecule has 3 heterocycles. The summed E-state index contributed by atoms with van der Waals surface area (Å²) in [7, 11) is 0. The Labute approximate surface area is 152 Å². The van der Waals surface area contributed by atoms with Crippen molar-refractivity contribution in [1.29, 1.82) is 0 Å². The smallest absolute Gasteiger partial charge is 0.273 e. The Morgan fingerprint density at radius 3 is 3.04 bits per heavy atom. The summed E-state index contributed by atoms with van der Waals surface area (Å²) >= 11 is 1.69. The van der Waals surface area contributed by atoms with Gasteiger partial charge < -0.3 is 10.6 Å². The van der Waals surface area contributed by atoms with E-state index in [4.69, 9.17) is 0 Å². The number of hydrogen-bond acceptors (Lipinski definition) is 6. The van der Waals surface area contributed by atoms with Crippen LogP contribution in [0.4, 0.5) is 0 Å². The summed E-state index contributed by atoms with van der Waals surface area (Å²) in [5.74, 6) is -0.174. The van der Waals surface area contributed by atoms with Gasteiger partial charge in [-0.15, -0.1) is 16.4 Å². The van der Waals surface area contributed by atoms with Gasteiger partial charge in [-0.25, -0.2) is 4.98 Å². The summed E-state index contributed by atoms with van der Waals surface area (Å²) in [4.78, 5) is 17.9. The number of nitrogens with one attached hydrogen (secondary N) is 2. The molecule has 2 aromatic rings. The molecule has 136 valence electrons. The largest absolute Gasteiger partial charge is 0.350 e. The van der Waals surface area contributed by atoms with Crippen LogP contribution in [-0.2, 0) is 13.0 Å². The van der Waals surface area contributed by atoms with Crippen LogP contribution < -0.4 is 10.6 Å². The van der Waals surface area contributed by atoms with Gasteiger partial charge in [-0.2, -0.15) is 0 Å². The standard InChI is InChI=1S/C17H26N6OS/c1-12-13(2)25-16(20-12)6-9-19-17(24)15-11-23(22-21-15)10-7-14-5-3-4-8-18-14/h11,14,18H,3-10H2,1-2H3,(H,19,24)/t14-/m1/s1. The molecule has 0 aromatic carbocycles. The van der Waals surface area contributed by atoms with Crippen molar-refractivity contribution in [2.75, 3.05) is 13.1 Å². The lowest BCUT2D eigenvalue weighted by Gasteiger charge is -2.23. The molecule has 0 spiro atoms. The number of carbonyl (C=O) groups excluding carboxylic acids is 1.